The van der Waals surface area contributed by atoms with Crippen LogP contribution in [-0.2, 0) is 9.59 Å². The van der Waals surface area contributed by atoms with Crippen LogP contribution < -0.4 is 10.6 Å². The van der Waals surface area contributed by atoms with E-state index in [9.17, 15) is 20.1 Å². The number of thioether (sulfide) groups is 1. The molecule has 8 heteroatoms. The molecule has 0 unspecified atom stereocenters. The highest BCUT2D eigenvalue weighted by Crippen LogP contribution is 2.42. The molecule has 0 fully saturated rings. The monoisotopic (exact) mass is 388 g/mol. The van der Waals surface area contributed by atoms with Gasteiger partial charge in [0.25, 0.3) is 0 Å². The summed E-state index contributed by atoms with van der Waals surface area (Å²) in [6.45, 7) is 5.01. The molecule has 1 heterocycles. The van der Waals surface area contributed by atoms with Gasteiger partial charge in [-0.2, -0.15) is 10.5 Å². The number of anilines is 1. The minimum Gasteiger partial charge on any atom is -0.324 e. The van der Waals surface area contributed by atoms with Gasteiger partial charge in [0.05, 0.1) is 38.7 Å². The first-order valence-electron chi connectivity index (χ1n) is 7.79. The van der Waals surface area contributed by atoms with Crippen molar-refractivity contribution in [3.8, 4) is 12.1 Å². The maximum absolute atomic E-state index is 12.4. The molecule has 0 radical (unpaired) electrons. The fraction of sp³-hybridized carbons (Fsp3) is 0.333. The van der Waals surface area contributed by atoms with E-state index >= 15 is 0 Å². The maximum atomic E-state index is 12.4. The molecule has 26 heavy (non-hydrogen) atoms. The van der Waals surface area contributed by atoms with Crippen LogP contribution >= 0.6 is 23.4 Å². The highest BCUT2D eigenvalue weighted by atomic mass is 35.5. The van der Waals surface area contributed by atoms with E-state index < -0.39 is 22.5 Å². The summed E-state index contributed by atoms with van der Waals surface area (Å²) in [7, 11) is 0. The van der Waals surface area contributed by atoms with Crippen molar-refractivity contribution in [1.29, 1.82) is 10.5 Å². The van der Waals surface area contributed by atoms with Crippen molar-refractivity contribution < 1.29 is 9.59 Å². The topological polar surface area (TPSA) is 106 Å². The summed E-state index contributed by atoms with van der Waals surface area (Å²) in [5, 5.41) is 24.2. The fourth-order valence-electron chi connectivity index (χ4n) is 2.54. The second-order valence-corrected chi connectivity index (χ2v) is 8.08. The van der Waals surface area contributed by atoms with Gasteiger partial charge in [0.2, 0.25) is 11.8 Å². The number of carbonyl (C=O) groups excluding carboxylic acids is 2. The largest absolute Gasteiger partial charge is 0.324 e. The van der Waals surface area contributed by atoms with Crippen molar-refractivity contribution in [1.82, 2.24) is 5.32 Å². The third kappa shape index (κ3) is 3.85. The predicted octanol–water partition coefficient (Wildman–Crippen LogP) is 3.43. The molecule has 1 aromatic rings. The molecule has 0 spiro atoms. The van der Waals surface area contributed by atoms with Crippen molar-refractivity contribution in [2.45, 2.75) is 26.0 Å². The molecule has 1 aromatic carbocycles. The molecule has 2 amide bonds. The van der Waals surface area contributed by atoms with Crippen molar-refractivity contribution in [2.24, 2.45) is 11.3 Å². The average molecular weight is 389 g/mol. The Morgan fingerprint density at radius 3 is 2.62 bits per heavy atom. The van der Waals surface area contributed by atoms with Crippen LogP contribution in [0.5, 0.6) is 0 Å². The number of benzene rings is 1. The Bertz CT molecular complexity index is 867. The highest BCUT2D eigenvalue weighted by molar-refractivity contribution is 8.04. The molecule has 1 aliphatic heterocycles. The Morgan fingerprint density at radius 2 is 2.04 bits per heavy atom. The minimum atomic E-state index is -0.964. The number of nitrogens with one attached hydrogen (secondary N) is 2. The van der Waals surface area contributed by atoms with Crippen LogP contribution in [0.15, 0.2) is 34.9 Å². The predicted molar refractivity (Wildman–Crippen MR) is 101 cm³/mol. The lowest BCUT2D eigenvalue weighted by Crippen LogP contribution is -2.45. The zero-order chi connectivity index (χ0) is 19.5. The van der Waals surface area contributed by atoms with Crippen molar-refractivity contribution in [3.63, 3.8) is 0 Å². The minimum absolute atomic E-state index is 0.283. The van der Waals surface area contributed by atoms with Crippen molar-refractivity contribution in [3.05, 3.63) is 39.9 Å². The number of carbonyl (C=O) groups is 2. The van der Waals surface area contributed by atoms with Gasteiger partial charge in [-0.05, 0) is 19.1 Å². The van der Waals surface area contributed by atoms with Crippen LogP contribution in [0.4, 0.5) is 5.69 Å². The first-order valence-corrected chi connectivity index (χ1v) is 9.05. The van der Waals surface area contributed by atoms with Gasteiger partial charge in [0.1, 0.15) is 5.92 Å². The number of amides is 2. The van der Waals surface area contributed by atoms with Crippen molar-refractivity contribution in [2.75, 3.05) is 5.32 Å². The maximum Gasteiger partial charge on any atom is 0.243 e. The molecule has 1 aliphatic rings. The molecular formula is C18H17ClN4O2S. The van der Waals surface area contributed by atoms with Gasteiger partial charge in [-0.1, -0.05) is 49.3 Å². The zero-order valence-electron chi connectivity index (χ0n) is 14.5. The lowest BCUT2D eigenvalue weighted by molar-refractivity contribution is -0.125. The summed E-state index contributed by atoms with van der Waals surface area (Å²) in [5.41, 5.74) is -0.169. The number of halogens is 1. The summed E-state index contributed by atoms with van der Waals surface area (Å²) < 4.78 is 0. The molecule has 0 aromatic heterocycles. The Labute approximate surface area is 161 Å². The van der Waals surface area contributed by atoms with E-state index in [4.69, 9.17) is 11.6 Å². The van der Waals surface area contributed by atoms with E-state index in [1.54, 1.807) is 45.0 Å². The Hall–Kier alpha value is -2.48. The van der Waals surface area contributed by atoms with Crippen LogP contribution in [0, 0.1) is 34.0 Å². The third-order valence-electron chi connectivity index (χ3n) is 4.13. The first-order chi connectivity index (χ1) is 12.2. The zero-order valence-corrected chi connectivity index (χ0v) is 16.0. The summed E-state index contributed by atoms with van der Waals surface area (Å²) in [6, 6.07) is 10.9. The molecule has 0 saturated carbocycles. The number of allylic oxidation sites excluding steroid dienone is 1. The van der Waals surface area contributed by atoms with E-state index in [1.165, 1.54) is 0 Å². The van der Waals surface area contributed by atoms with Crippen LogP contribution in [0.3, 0.4) is 0 Å². The number of para-hydroxylation sites is 1. The van der Waals surface area contributed by atoms with Gasteiger partial charge in [0, 0.05) is 5.41 Å². The van der Waals surface area contributed by atoms with Crippen molar-refractivity contribution >= 4 is 40.9 Å². The Balaban J connectivity index is 2.23. The van der Waals surface area contributed by atoms with Gasteiger partial charge in [-0.3, -0.25) is 9.59 Å². The number of nitriles is 2. The van der Waals surface area contributed by atoms with E-state index in [0.29, 0.717) is 15.7 Å². The van der Waals surface area contributed by atoms with Gasteiger partial charge in [-0.25, -0.2) is 0 Å². The summed E-state index contributed by atoms with van der Waals surface area (Å²) in [4.78, 5) is 24.6. The van der Waals surface area contributed by atoms with Crippen LogP contribution in [0.25, 0.3) is 0 Å². The molecule has 2 atom stereocenters. The third-order valence-corrected chi connectivity index (χ3v) is 5.57. The van der Waals surface area contributed by atoms with E-state index in [0.717, 1.165) is 11.8 Å². The standard InChI is InChI=1S/C18H17ClN4O2S/c1-10(15(24)22-14-7-5-4-6-13(14)19)26-17-12(9-21)18(2,3)11(8-20)16(25)23-17/h4-7,10-11H,1-3H3,(H,22,24)(H,23,25)/t10-,11+/m1/s1. The quantitative estimate of drug-likeness (QED) is 0.821. The highest BCUT2D eigenvalue weighted by Gasteiger charge is 2.45. The van der Waals surface area contributed by atoms with Crippen LogP contribution in [0.2, 0.25) is 5.02 Å². The fourth-order valence-corrected chi connectivity index (χ4v) is 3.83. The second-order valence-electron chi connectivity index (χ2n) is 6.32. The van der Waals surface area contributed by atoms with E-state index in [1.807, 2.05) is 6.07 Å². The first kappa shape index (κ1) is 19.8. The summed E-state index contributed by atoms with van der Waals surface area (Å²) >= 11 is 7.10. The SMILES string of the molecule is C[C@@H](SC1=C(C#N)C(C)(C)[C@@H](C#N)C(=O)N1)C(=O)Nc1ccccc1Cl. The molecule has 0 bridgehead atoms. The van der Waals surface area contributed by atoms with E-state index in [2.05, 4.69) is 16.7 Å². The number of hydrogen-bond donors (Lipinski definition) is 2. The lowest BCUT2D eigenvalue weighted by Gasteiger charge is -2.35. The number of nitrogens with zero attached hydrogens (tertiary/aromatic N) is 2. The number of rotatable bonds is 4. The second kappa shape index (κ2) is 7.82. The molecular weight excluding hydrogens is 372 g/mol. The smallest absolute Gasteiger partial charge is 0.243 e. The molecule has 2 rings (SSSR count). The Kier molecular flexibility index (Phi) is 5.97. The van der Waals surface area contributed by atoms with Gasteiger partial charge >= 0.3 is 0 Å². The molecule has 0 aliphatic carbocycles. The molecule has 2 N–H and O–H groups in total. The van der Waals surface area contributed by atoms with Gasteiger partial charge < -0.3 is 10.6 Å². The van der Waals surface area contributed by atoms with E-state index in [-0.39, 0.29) is 11.5 Å². The molecule has 0 saturated heterocycles. The summed E-state index contributed by atoms with van der Waals surface area (Å²) in [6.07, 6.45) is 0. The van der Waals surface area contributed by atoms with Crippen LogP contribution in [0.1, 0.15) is 20.8 Å². The molecule has 6 nitrogen and oxygen atoms in total. The van der Waals surface area contributed by atoms with Gasteiger partial charge in [-0.15, -0.1) is 0 Å². The normalized spacial score (nSPS) is 19.8. The number of hydrogen-bond acceptors (Lipinski definition) is 5. The van der Waals surface area contributed by atoms with Crippen LogP contribution in [-0.4, -0.2) is 17.1 Å². The Morgan fingerprint density at radius 1 is 1.38 bits per heavy atom. The molecule has 134 valence electrons. The van der Waals surface area contributed by atoms with Gasteiger partial charge in [0.15, 0.2) is 0 Å². The average Bonchev–Trinajstić information content (AvgIpc) is 2.56. The summed E-state index contributed by atoms with van der Waals surface area (Å²) in [5.74, 6) is -1.76. The lowest BCUT2D eigenvalue weighted by atomic mass is 9.72.